The van der Waals surface area contributed by atoms with Gasteiger partial charge in [0.25, 0.3) is 0 Å². The lowest BCUT2D eigenvalue weighted by atomic mass is 10.1. The Hall–Kier alpha value is -2.94. The van der Waals surface area contributed by atoms with Crippen molar-refractivity contribution in [3.63, 3.8) is 0 Å². The molecule has 0 aromatic heterocycles. The molecule has 0 saturated heterocycles. The Balaban J connectivity index is 1.95. The maximum atomic E-state index is 12.1. The minimum Gasteiger partial charge on any atom is -0.493 e. The van der Waals surface area contributed by atoms with Crippen LogP contribution in [0.3, 0.4) is 0 Å². The molecule has 6 nitrogen and oxygen atoms in total. The summed E-state index contributed by atoms with van der Waals surface area (Å²) >= 11 is 0. The molecule has 2 N–H and O–H groups in total. The molecule has 0 spiro atoms. The molecule has 0 aliphatic carbocycles. The number of nitrogens with zero attached hydrogens (tertiary/aromatic N) is 1. The Morgan fingerprint density at radius 2 is 1.68 bits per heavy atom. The average molecular weight is 439 g/mol. The first kappa shape index (κ1) is 24.3. The maximum Gasteiger partial charge on any atom is 0.411 e. The predicted molar refractivity (Wildman–Crippen MR) is 113 cm³/mol. The van der Waals surface area contributed by atoms with Gasteiger partial charge < -0.3 is 24.8 Å². The van der Waals surface area contributed by atoms with Crippen LogP contribution in [0.5, 0.6) is 11.5 Å². The van der Waals surface area contributed by atoms with Crippen LogP contribution in [0.15, 0.2) is 47.5 Å². The van der Waals surface area contributed by atoms with E-state index in [1.165, 1.54) is 0 Å². The van der Waals surface area contributed by atoms with E-state index in [1.54, 1.807) is 26.4 Å². The van der Waals surface area contributed by atoms with Crippen molar-refractivity contribution >= 4 is 5.96 Å². The zero-order chi connectivity index (χ0) is 22.7. The summed E-state index contributed by atoms with van der Waals surface area (Å²) in [7, 11) is 3.19. The van der Waals surface area contributed by atoms with Crippen molar-refractivity contribution in [2.24, 2.45) is 4.99 Å². The number of guanidine groups is 1. The molecule has 0 radical (unpaired) electrons. The van der Waals surface area contributed by atoms with Crippen molar-refractivity contribution in [2.45, 2.75) is 32.8 Å². The summed E-state index contributed by atoms with van der Waals surface area (Å²) in [5.74, 6) is 1.95. The molecule has 0 aliphatic heterocycles. The van der Waals surface area contributed by atoms with Crippen LogP contribution in [0, 0.1) is 0 Å². The second-order valence-electron chi connectivity index (χ2n) is 6.63. The van der Waals surface area contributed by atoms with Crippen molar-refractivity contribution in [1.29, 1.82) is 0 Å². The number of benzene rings is 2. The third-order valence-electron chi connectivity index (χ3n) is 4.25. The summed E-state index contributed by atoms with van der Waals surface area (Å²) in [6.45, 7) is 2.22. The van der Waals surface area contributed by atoms with Gasteiger partial charge in [-0.25, -0.2) is 4.99 Å². The Morgan fingerprint density at radius 1 is 0.968 bits per heavy atom. The van der Waals surface area contributed by atoms with Gasteiger partial charge in [-0.2, -0.15) is 13.2 Å². The summed E-state index contributed by atoms with van der Waals surface area (Å²) in [4.78, 5) is 4.56. The third kappa shape index (κ3) is 8.37. The molecule has 0 aliphatic rings. The van der Waals surface area contributed by atoms with Crippen LogP contribution in [0.4, 0.5) is 13.2 Å². The fraction of sp³-hybridized carbons (Fsp3) is 0.409. The number of para-hydroxylation sites is 1. The van der Waals surface area contributed by atoms with Crippen LogP contribution >= 0.6 is 0 Å². The Morgan fingerprint density at radius 3 is 2.29 bits per heavy atom. The van der Waals surface area contributed by atoms with E-state index >= 15 is 0 Å². The monoisotopic (exact) mass is 439 g/mol. The molecular weight excluding hydrogens is 411 g/mol. The number of alkyl halides is 3. The topological polar surface area (TPSA) is 64.1 Å². The third-order valence-corrected chi connectivity index (χ3v) is 4.25. The Bertz CT molecular complexity index is 840. The molecule has 2 aromatic rings. The number of methoxy groups -OCH3 is 2. The number of ether oxygens (including phenoxy) is 3. The first-order valence-corrected chi connectivity index (χ1v) is 9.80. The zero-order valence-corrected chi connectivity index (χ0v) is 17.9. The second-order valence-corrected chi connectivity index (χ2v) is 6.63. The molecular formula is C22H28F3N3O3. The van der Waals surface area contributed by atoms with E-state index in [4.69, 9.17) is 9.47 Å². The van der Waals surface area contributed by atoms with Crippen molar-refractivity contribution in [1.82, 2.24) is 10.6 Å². The highest BCUT2D eigenvalue weighted by Crippen LogP contribution is 2.30. The van der Waals surface area contributed by atoms with Gasteiger partial charge in [-0.1, -0.05) is 36.4 Å². The Labute approximate surface area is 180 Å². The molecule has 9 heteroatoms. The average Bonchev–Trinajstić information content (AvgIpc) is 2.75. The van der Waals surface area contributed by atoms with Crippen molar-refractivity contribution in [3.05, 3.63) is 59.2 Å². The molecule has 0 atom stereocenters. The summed E-state index contributed by atoms with van der Waals surface area (Å²) in [5.41, 5.74) is 2.53. The highest BCUT2D eigenvalue weighted by atomic mass is 19.4. The van der Waals surface area contributed by atoms with Crippen LogP contribution in [-0.2, 0) is 24.4 Å². The first-order valence-electron chi connectivity index (χ1n) is 9.80. The van der Waals surface area contributed by atoms with Gasteiger partial charge in [-0.15, -0.1) is 0 Å². The minimum atomic E-state index is -4.32. The van der Waals surface area contributed by atoms with E-state index in [0.717, 1.165) is 11.1 Å². The fourth-order valence-electron chi connectivity index (χ4n) is 2.81. The predicted octanol–water partition coefficient (Wildman–Crippen LogP) is 4.04. The fourth-order valence-corrected chi connectivity index (χ4v) is 2.81. The lowest BCUT2D eigenvalue weighted by Crippen LogP contribution is -2.36. The molecule has 170 valence electrons. The lowest BCUT2D eigenvalue weighted by molar-refractivity contribution is -0.176. The van der Waals surface area contributed by atoms with Gasteiger partial charge in [-0.05, 0) is 24.1 Å². The van der Waals surface area contributed by atoms with Gasteiger partial charge in [-0.3, -0.25) is 0 Å². The minimum absolute atomic E-state index is 0.0877. The van der Waals surface area contributed by atoms with Gasteiger partial charge in [0.15, 0.2) is 17.5 Å². The number of aliphatic imine (C=N–C) groups is 1. The molecule has 31 heavy (non-hydrogen) atoms. The smallest absolute Gasteiger partial charge is 0.411 e. The largest absolute Gasteiger partial charge is 0.493 e. The van der Waals surface area contributed by atoms with E-state index in [0.29, 0.717) is 42.7 Å². The van der Waals surface area contributed by atoms with Crippen LogP contribution < -0.4 is 20.1 Å². The molecule has 0 bridgehead atoms. The Kier molecular flexibility index (Phi) is 9.45. The van der Waals surface area contributed by atoms with E-state index < -0.39 is 12.8 Å². The molecule has 0 saturated carbocycles. The maximum absolute atomic E-state index is 12.1. The molecule has 0 fully saturated rings. The number of hydrogen-bond donors (Lipinski definition) is 2. The van der Waals surface area contributed by atoms with Gasteiger partial charge in [0.05, 0.1) is 27.4 Å². The highest BCUT2D eigenvalue weighted by molar-refractivity contribution is 5.79. The number of halogens is 3. The molecule has 2 aromatic carbocycles. The summed E-state index contributed by atoms with van der Waals surface area (Å²) in [6, 6.07) is 12.8. The highest BCUT2D eigenvalue weighted by Gasteiger charge is 2.27. The second kappa shape index (κ2) is 12.0. The first-order chi connectivity index (χ1) is 14.9. The molecule has 0 amide bonds. The van der Waals surface area contributed by atoms with E-state index in [1.807, 2.05) is 37.3 Å². The van der Waals surface area contributed by atoms with Gasteiger partial charge in [0.2, 0.25) is 0 Å². The number of hydrogen-bond acceptors (Lipinski definition) is 4. The van der Waals surface area contributed by atoms with E-state index in [9.17, 15) is 13.2 Å². The van der Waals surface area contributed by atoms with Gasteiger partial charge >= 0.3 is 6.18 Å². The molecule has 0 unspecified atom stereocenters. The van der Waals surface area contributed by atoms with Crippen molar-refractivity contribution < 1.29 is 27.4 Å². The standard InChI is InChI=1S/C22H28F3N3O3/c1-4-26-21(28-13-18-6-5-7-19(29-2)20(18)30-3)27-12-16-8-10-17(11-9-16)14-31-15-22(23,24)25/h5-11H,4,12-15H2,1-3H3,(H2,26,27,28). The normalized spacial score (nSPS) is 11.9. The van der Waals surface area contributed by atoms with Crippen LogP contribution in [0.1, 0.15) is 23.6 Å². The van der Waals surface area contributed by atoms with Gasteiger partial charge in [0, 0.05) is 18.7 Å². The number of nitrogens with one attached hydrogen (secondary N) is 2. The van der Waals surface area contributed by atoms with Crippen molar-refractivity contribution in [2.75, 3.05) is 27.4 Å². The SMILES string of the molecule is CCNC(=NCc1ccc(COCC(F)(F)F)cc1)NCc1cccc(OC)c1OC. The van der Waals surface area contributed by atoms with E-state index in [2.05, 4.69) is 20.4 Å². The van der Waals surface area contributed by atoms with Crippen LogP contribution in [0.25, 0.3) is 0 Å². The summed E-state index contributed by atoms with van der Waals surface area (Å²) in [6.07, 6.45) is -4.32. The van der Waals surface area contributed by atoms with Crippen molar-refractivity contribution in [3.8, 4) is 11.5 Å². The van der Waals surface area contributed by atoms with E-state index in [-0.39, 0.29) is 6.61 Å². The lowest BCUT2D eigenvalue weighted by Gasteiger charge is -2.15. The summed E-state index contributed by atoms with van der Waals surface area (Å²) < 4.78 is 51.9. The van der Waals surface area contributed by atoms with Crippen LogP contribution in [-0.4, -0.2) is 39.5 Å². The van der Waals surface area contributed by atoms with Gasteiger partial charge in [0.1, 0.15) is 6.61 Å². The number of rotatable bonds is 10. The molecule has 0 heterocycles. The van der Waals surface area contributed by atoms with Crippen LogP contribution in [0.2, 0.25) is 0 Å². The molecule has 2 rings (SSSR count). The summed E-state index contributed by atoms with van der Waals surface area (Å²) in [5, 5.41) is 6.45. The zero-order valence-electron chi connectivity index (χ0n) is 17.9. The quantitative estimate of drug-likeness (QED) is 0.432.